The number of rotatable bonds is 6. The van der Waals surface area contributed by atoms with Crippen LogP contribution in [0.5, 0.6) is 5.75 Å². The Hall–Kier alpha value is -1.78. The Morgan fingerprint density at radius 2 is 1.94 bits per heavy atom. The molecule has 0 fully saturated rings. The first-order valence-corrected chi connectivity index (χ1v) is 6.19. The van der Waals surface area contributed by atoms with E-state index < -0.39 is 0 Å². The van der Waals surface area contributed by atoms with E-state index in [2.05, 4.69) is 5.22 Å². The molecular formula is C13H21N3O2. The third kappa shape index (κ3) is 4.61. The number of nitrogens with zero attached hydrogens (tertiary/aromatic N) is 3. The zero-order valence-electron chi connectivity index (χ0n) is 11.5. The molecule has 0 aliphatic carbocycles. The van der Waals surface area contributed by atoms with Crippen molar-refractivity contribution in [1.82, 2.24) is 0 Å². The molecule has 0 bridgehead atoms. The molecule has 5 heteroatoms. The highest BCUT2D eigenvalue weighted by Crippen LogP contribution is 2.20. The average molecular weight is 251 g/mol. The Morgan fingerprint density at radius 3 is 2.39 bits per heavy atom. The summed E-state index contributed by atoms with van der Waals surface area (Å²) in [7, 11) is 1.37. The molecule has 0 heterocycles. The fourth-order valence-corrected chi connectivity index (χ4v) is 1.56. The largest absolute Gasteiger partial charge is 0.696 e. The van der Waals surface area contributed by atoms with E-state index in [-0.39, 0.29) is 6.10 Å². The van der Waals surface area contributed by atoms with Gasteiger partial charge >= 0.3 is 0 Å². The van der Waals surface area contributed by atoms with E-state index in [1.165, 1.54) is 7.05 Å². The fraction of sp³-hybridized carbons (Fsp3) is 0.538. The lowest BCUT2D eigenvalue weighted by molar-refractivity contribution is -0.500. The molecule has 0 aromatic heterocycles. The molecule has 1 rings (SSSR count). The summed E-state index contributed by atoms with van der Waals surface area (Å²) in [5, 5.41) is 16.6. The van der Waals surface area contributed by atoms with E-state index in [1.807, 2.05) is 45.0 Å². The Kier molecular flexibility index (Phi) is 5.42. The lowest BCUT2D eigenvalue weighted by Crippen LogP contribution is -2.19. The summed E-state index contributed by atoms with van der Waals surface area (Å²) in [5.74, 6) is 0.820. The topological polar surface area (TPSA) is 50.9 Å². The van der Waals surface area contributed by atoms with Crippen molar-refractivity contribution in [2.24, 2.45) is 5.22 Å². The van der Waals surface area contributed by atoms with E-state index in [9.17, 15) is 5.21 Å². The molecule has 5 nitrogen and oxygen atoms in total. The van der Waals surface area contributed by atoms with E-state index >= 15 is 0 Å². The molecule has 0 N–H and O–H groups in total. The number of hydroxylamine groups is 1. The van der Waals surface area contributed by atoms with E-state index in [0.717, 1.165) is 17.9 Å². The molecule has 1 aromatic carbocycles. The van der Waals surface area contributed by atoms with Crippen molar-refractivity contribution in [2.75, 3.05) is 18.6 Å². The Balaban J connectivity index is 2.83. The summed E-state index contributed by atoms with van der Waals surface area (Å²) in [5.41, 5.74) is 0.885. The average Bonchev–Trinajstić information content (AvgIpc) is 2.28. The molecule has 0 spiro atoms. The van der Waals surface area contributed by atoms with Gasteiger partial charge in [0.05, 0.1) is 11.3 Å². The van der Waals surface area contributed by atoms with Gasteiger partial charge in [0, 0.05) is 0 Å². The smallest absolute Gasteiger partial charge is 0.149 e. The predicted molar refractivity (Wildman–Crippen MR) is 71.8 cm³/mol. The quantitative estimate of drug-likeness (QED) is 0.443. The number of ether oxygens (including phenoxy) is 1. The van der Waals surface area contributed by atoms with Gasteiger partial charge in [0.1, 0.15) is 25.0 Å². The van der Waals surface area contributed by atoms with Crippen molar-refractivity contribution in [3.05, 3.63) is 29.5 Å². The van der Waals surface area contributed by atoms with Crippen LogP contribution < -0.4 is 9.75 Å². The third-order valence-electron chi connectivity index (χ3n) is 2.18. The van der Waals surface area contributed by atoms with Crippen LogP contribution in [0.3, 0.4) is 0 Å². The van der Waals surface area contributed by atoms with Gasteiger partial charge in [-0.2, -0.15) is 4.86 Å². The monoisotopic (exact) mass is 251 g/mol. The molecule has 100 valence electrons. The highest BCUT2D eigenvalue weighted by Gasteiger charge is 2.11. The zero-order valence-corrected chi connectivity index (χ0v) is 11.5. The van der Waals surface area contributed by atoms with Crippen LogP contribution in [0.2, 0.25) is 0 Å². The molecular weight excluding hydrogens is 230 g/mol. The molecule has 0 unspecified atom stereocenters. The minimum atomic E-state index is 0.153. The molecule has 18 heavy (non-hydrogen) atoms. The van der Waals surface area contributed by atoms with Crippen molar-refractivity contribution in [2.45, 2.75) is 33.3 Å². The molecule has 0 saturated heterocycles. The number of benzene rings is 1. The van der Waals surface area contributed by atoms with Crippen LogP contribution >= 0.6 is 0 Å². The van der Waals surface area contributed by atoms with Crippen molar-refractivity contribution in [1.29, 1.82) is 0 Å². The van der Waals surface area contributed by atoms with Crippen LogP contribution in [0, 0.1) is 5.21 Å². The van der Waals surface area contributed by atoms with Crippen molar-refractivity contribution in [3.63, 3.8) is 0 Å². The third-order valence-corrected chi connectivity index (χ3v) is 2.18. The van der Waals surface area contributed by atoms with Gasteiger partial charge < -0.3 is 9.94 Å². The summed E-state index contributed by atoms with van der Waals surface area (Å²) >= 11 is 0. The summed E-state index contributed by atoms with van der Waals surface area (Å²) in [6.07, 6.45) is 1.07. The highest BCUT2D eigenvalue weighted by atomic mass is 16.5. The molecule has 0 aliphatic rings. The highest BCUT2D eigenvalue weighted by molar-refractivity contribution is 5.47. The van der Waals surface area contributed by atoms with Crippen LogP contribution in [0.15, 0.2) is 29.5 Å². The molecule has 0 atom stereocenters. The predicted octanol–water partition coefficient (Wildman–Crippen LogP) is 3.20. The van der Waals surface area contributed by atoms with Gasteiger partial charge in [0.2, 0.25) is 0 Å². The van der Waals surface area contributed by atoms with Gasteiger partial charge in [-0.3, -0.25) is 0 Å². The first-order valence-electron chi connectivity index (χ1n) is 6.19. The SMILES string of the molecule is CCCN(/N=[N+](/C)[O-])c1ccc(OC(C)C)cc1. The molecule has 0 saturated carbocycles. The van der Waals surface area contributed by atoms with Gasteiger partial charge in [0.25, 0.3) is 0 Å². The van der Waals surface area contributed by atoms with Crippen LogP contribution in [-0.2, 0) is 0 Å². The first kappa shape index (κ1) is 14.3. The lowest BCUT2D eigenvalue weighted by atomic mass is 10.3. The van der Waals surface area contributed by atoms with E-state index in [0.29, 0.717) is 11.4 Å². The summed E-state index contributed by atoms with van der Waals surface area (Å²) < 4.78 is 5.57. The standard InChI is InChI=1S/C13H21N3O2/c1-5-10-16(14-15(4)17)12-6-8-13(9-7-12)18-11(2)3/h6-9,11H,5,10H2,1-4H3/b15-14-. The zero-order chi connectivity index (χ0) is 13.5. The minimum absolute atomic E-state index is 0.153. The van der Waals surface area contributed by atoms with Gasteiger partial charge in [-0.05, 0) is 44.5 Å². The van der Waals surface area contributed by atoms with Gasteiger partial charge in [-0.1, -0.05) is 6.92 Å². The van der Waals surface area contributed by atoms with Crippen LogP contribution in [0.4, 0.5) is 5.69 Å². The normalized spacial score (nSPS) is 11.7. The number of anilines is 1. The van der Waals surface area contributed by atoms with E-state index in [1.54, 1.807) is 5.01 Å². The second-order valence-corrected chi connectivity index (χ2v) is 4.34. The number of hydrogen-bond acceptors (Lipinski definition) is 3. The van der Waals surface area contributed by atoms with Gasteiger partial charge in [0.15, 0.2) is 0 Å². The maximum atomic E-state index is 11.0. The Labute approximate surface area is 108 Å². The van der Waals surface area contributed by atoms with Crippen LogP contribution in [0.25, 0.3) is 0 Å². The molecule has 1 aromatic rings. The van der Waals surface area contributed by atoms with Crippen LogP contribution in [0.1, 0.15) is 27.2 Å². The summed E-state index contributed by atoms with van der Waals surface area (Å²) in [6.45, 7) is 6.72. The second-order valence-electron chi connectivity index (χ2n) is 4.34. The van der Waals surface area contributed by atoms with Gasteiger partial charge in [-0.25, -0.2) is 0 Å². The summed E-state index contributed by atoms with van der Waals surface area (Å²) in [6, 6.07) is 7.58. The lowest BCUT2D eigenvalue weighted by Gasteiger charge is -2.13. The van der Waals surface area contributed by atoms with Gasteiger partial charge in [-0.15, -0.1) is 5.01 Å². The first-order chi connectivity index (χ1) is 8.52. The van der Waals surface area contributed by atoms with E-state index in [4.69, 9.17) is 4.74 Å². The Bertz CT molecular complexity index is 384. The summed E-state index contributed by atoms with van der Waals surface area (Å²) in [4.78, 5) is 0.564. The maximum absolute atomic E-state index is 11.0. The maximum Gasteiger partial charge on any atom is 0.149 e. The minimum Gasteiger partial charge on any atom is -0.696 e. The Morgan fingerprint density at radius 1 is 1.33 bits per heavy atom. The van der Waals surface area contributed by atoms with Crippen molar-refractivity contribution < 1.29 is 9.60 Å². The second kappa shape index (κ2) is 6.83. The van der Waals surface area contributed by atoms with Crippen molar-refractivity contribution in [3.8, 4) is 5.75 Å². The molecule has 0 aliphatic heterocycles. The van der Waals surface area contributed by atoms with Crippen LogP contribution in [-0.4, -0.2) is 24.6 Å². The molecule has 0 radical (unpaired) electrons. The number of hydrogen-bond donors (Lipinski definition) is 0. The fourth-order valence-electron chi connectivity index (χ4n) is 1.56. The van der Waals surface area contributed by atoms with Crippen molar-refractivity contribution >= 4 is 5.69 Å². The molecule has 0 amide bonds.